The Kier molecular flexibility index (Phi) is 24.5. The van der Waals surface area contributed by atoms with Crippen molar-refractivity contribution in [2.45, 2.75) is 147 Å². The van der Waals surface area contributed by atoms with Crippen LogP contribution in [0, 0.1) is 0 Å². The summed E-state index contributed by atoms with van der Waals surface area (Å²) >= 11 is 3.11. The van der Waals surface area contributed by atoms with Gasteiger partial charge in [-0.1, -0.05) is 24.3 Å². The van der Waals surface area contributed by atoms with E-state index in [2.05, 4.69) is 10.6 Å². The van der Waals surface area contributed by atoms with E-state index < -0.39 is 149 Å². The largest absolute Gasteiger partial charge is 0.394 e. The first kappa shape index (κ1) is 58.9. The fourth-order valence-electron chi connectivity index (χ4n) is 7.81. The molecule has 4 fully saturated rings. The molecule has 4 aliphatic rings. The monoisotopic (exact) mass is 1050 g/mol. The van der Waals surface area contributed by atoms with E-state index in [1.165, 1.54) is 0 Å². The number of hydrogen-bond donors (Lipinski definition) is 16. The van der Waals surface area contributed by atoms with Gasteiger partial charge >= 0.3 is 0 Å². The van der Waals surface area contributed by atoms with Gasteiger partial charge in [-0.2, -0.15) is 23.5 Å². The molecule has 16 N–H and O–H groups in total. The summed E-state index contributed by atoms with van der Waals surface area (Å²) < 4.78 is 43.8. The lowest BCUT2D eigenvalue weighted by molar-refractivity contribution is -0.359. The van der Waals surface area contributed by atoms with Crippen LogP contribution in [0.15, 0.2) is 24.3 Å². The van der Waals surface area contributed by atoms with Gasteiger partial charge in [-0.25, -0.2) is 0 Å². The molecule has 0 bridgehead atoms. The number of carbonyl (C=O) groups excluding carboxylic acids is 2. The van der Waals surface area contributed by atoms with Crippen LogP contribution < -0.4 is 10.6 Å². The Morgan fingerprint density at radius 1 is 0.486 bits per heavy atom. The third-order valence-electron chi connectivity index (χ3n) is 11.8. The molecular weight excluding hydrogens is 981 g/mol. The van der Waals surface area contributed by atoms with Crippen LogP contribution in [-0.2, 0) is 59.0 Å². The van der Waals surface area contributed by atoms with Gasteiger partial charge in [0.2, 0.25) is 11.8 Å². The molecule has 0 spiro atoms. The number of benzene rings is 1. The fraction of sp³-hybridized carbons (Fsp3) is 0.810. The van der Waals surface area contributed by atoms with E-state index in [1.807, 2.05) is 24.3 Å². The molecule has 5 rings (SSSR count). The van der Waals surface area contributed by atoms with E-state index in [0.29, 0.717) is 23.0 Å². The lowest BCUT2D eigenvalue weighted by Crippen LogP contribution is -2.64. The molecule has 4 saturated heterocycles. The maximum absolute atomic E-state index is 12.5. The van der Waals surface area contributed by atoms with Gasteiger partial charge in [0.15, 0.2) is 25.2 Å². The van der Waals surface area contributed by atoms with Crippen LogP contribution in [0.1, 0.15) is 24.0 Å². The van der Waals surface area contributed by atoms with E-state index in [-0.39, 0.29) is 51.0 Å². The third-order valence-corrected chi connectivity index (χ3v) is 13.9. The first-order chi connectivity index (χ1) is 33.5. The van der Waals surface area contributed by atoms with Crippen LogP contribution >= 0.6 is 23.5 Å². The van der Waals surface area contributed by atoms with E-state index in [4.69, 9.17) is 37.9 Å². The molecular formula is C42H68N2O24S2. The highest BCUT2D eigenvalue weighted by Crippen LogP contribution is 2.31. The predicted molar refractivity (Wildman–Crippen MR) is 239 cm³/mol. The van der Waals surface area contributed by atoms with Crippen LogP contribution in [0.5, 0.6) is 0 Å². The molecule has 0 radical (unpaired) electrons. The topological polar surface area (TPSA) is 415 Å². The van der Waals surface area contributed by atoms with Crippen molar-refractivity contribution >= 4 is 35.3 Å². The lowest BCUT2D eigenvalue weighted by Gasteiger charge is -2.45. The molecule has 0 aliphatic carbocycles. The number of aliphatic hydroxyl groups is 14. The van der Waals surface area contributed by atoms with Gasteiger partial charge in [-0.3, -0.25) is 9.59 Å². The van der Waals surface area contributed by atoms with E-state index in [9.17, 15) is 81.1 Å². The van der Waals surface area contributed by atoms with Crippen LogP contribution in [0.25, 0.3) is 0 Å². The summed E-state index contributed by atoms with van der Waals surface area (Å²) in [5.41, 5.74) is 2.10. The number of ether oxygens (including phenoxy) is 8. The van der Waals surface area contributed by atoms with E-state index >= 15 is 0 Å². The number of aliphatic hydroxyl groups excluding tert-OH is 14. The zero-order valence-corrected chi connectivity index (χ0v) is 39.5. The molecule has 402 valence electrons. The van der Waals surface area contributed by atoms with Crippen LogP contribution in [0.2, 0.25) is 0 Å². The minimum atomic E-state index is -1.79. The van der Waals surface area contributed by atoms with Crippen molar-refractivity contribution in [3.8, 4) is 0 Å². The molecule has 4 heterocycles. The first-order valence-electron chi connectivity index (χ1n) is 22.7. The van der Waals surface area contributed by atoms with Gasteiger partial charge in [0.25, 0.3) is 0 Å². The van der Waals surface area contributed by atoms with Gasteiger partial charge in [0, 0.05) is 48.9 Å². The van der Waals surface area contributed by atoms with Gasteiger partial charge in [0.1, 0.15) is 97.7 Å². The maximum Gasteiger partial charge on any atom is 0.220 e. The second-order valence-electron chi connectivity index (χ2n) is 16.9. The van der Waals surface area contributed by atoms with Crippen molar-refractivity contribution < 1.29 is 119 Å². The smallest absolute Gasteiger partial charge is 0.220 e. The molecule has 70 heavy (non-hydrogen) atoms. The molecule has 0 aromatic heterocycles. The summed E-state index contributed by atoms with van der Waals surface area (Å²) in [5, 5.41) is 147. The summed E-state index contributed by atoms with van der Waals surface area (Å²) in [7, 11) is 0. The summed E-state index contributed by atoms with van der Waals surface area (Å²) in [6.07, 6.45) is -31.1. The molecule has 20 atom stereocenters. The van der Waals surface area contributed by atoms with Crippen molar-refractivity contribution in [2.75, 3.05) is 64.2 Å². The van der Waals surface area contributed by atoms with Gasteiger partial charge in [-0.05, 0) is 11.1 Å². The van der Waals surface area contributed by atoms with Crippen LogP contribution in [-0.4, -0.2) is 270 Å². The summed E-state index contributed by atoms with van der Waals surface area (Å²) in [5.74, 6) is 1.81. The fourth-order valence-corrected chi connectivity index (χ4v) is 9.59. The number of nitrogens with one attached hydrogen (secondary N) is 2. The zero-order valence-electron chi connectivity index (χ0n) is 37.9. The summed E-state index contributed by atoms with van der Waals surface area (Å²) in [4.78, 5) is 24.9. The zero-order chi connectivity index (χ0) is 51.1. The number of amides is 2. The first-order valence-corrected chi connectivity index (χ1v) is 25.0. The predicted octanol–water partition coefficient (Wildman–Crippen LogP) is -7.55. The second kappa shape index (κ2) is 29.2. The average Bonchev–Trinajstić information content (AvgIpc) is 3.35. The Labute approximate surface area is 410 Å². The number of hydrogen-bond acceptors (Lipinski definition) is 26. The SMILES string of the molecule is O=C(CCSCc1cccc(CSCCC(=O)NCCO[C@@H]2O[C@H](CO)[C@H](O[C@H]3O[C@H](CO)[C@H](O)[C@H](O)[C@H]3O)[C@H](O)[C@H]2O)c1)NCCO[C@@H]1O[C@H](CO)[C@H](O[C@H]2O[C@H](CO)[C@H](O)[C@H](O)[C@H]2O)[C@H](O)[C@H]1O. The second-order valence-corrected chi connectivity index (χ2v) is 19.1. The molecule has 1 aromatic rings. The maximum atomic E-state index is 12.5. The molecule has 0 saturated carbocycles. The van der Waals surface area contributed by atoms with Crippen molar-refractivity contribution in [1.29, 1.82) is 0 Å². The molecule has 2 amide bonds. The standard InChI is InChI=1S/C42H68N2O24S2/c45-13-21-27(51)29(53)33(57)41(63-21)67-37-23(15-47)65-39(35(59)31(37)55)61-8-6-43-25(49)4-10-69-17-19-2-1-3-20(12-19)18-70-11-5-26(50)44-7-9-62-40-36(60)32(56)38(24(16-48)66-40)68-42-34(58)30(54)28(52)22(14-46)64-42/h1-3,12,21-24,27-42,45-48,51-60H,4-11,13-18H2,(H,43,49)(H,44,50)/t21-,22-,23-,24-,27+,28+,29+,30+,31-,32-,33-,34-,35-,36-,37+,38+,39-,40-,41-,42-/m1/s1. The van der Waals surface area contributed by atoms with E-state index in [1.54, 1.807) is 23.5 Å². The van der Waals surface area contributed by atoms with Crippen molar-refractivity contribution in [2.24, 2.45) is 0 Å². The highest BCUT2D eigenvalue weighted by Gasteiger charge is 2.52. The number of carbonyl (C=O) groups is 2. The molecule has 0 unspecified atom stereocenters. The quantitative estimate of drug-likeness (QED) is 0.0383. The molecule has 4 aliphatic heterocycles. The highest BCUT2D eigenvalue weighted by atomic mass is 32.2. The number of rotatable bonds is 26. The third kappa shape index (κ3) is 16.0. The Bertz CT molecular complexity index is 1590. The Morgan fingerprint density at radius 3 is 1.21 bits per heavy atom. The van der Waals surface area contributed by atoms with E-state index in [0.717, 1.165) is 11.1 Å². The minimum Gasteiger partial charge on any atom is -0.394 e. The molecule has 28 heteroatoms. The minimum absolute atomic E-state index is 0.0376. The average molecular weight is 1050 g/mol. The van der Waals surface area contributed by atoms with Gasteiger partial charge in [0.05, 0.1) is 39.6 Å². The van der Waals surface area contributed by atoms with Crippen LogP contribution in [0.4, 0.5) is 0 Å². The summed E-state index contributed by atoms with van der Waals surface area (Å²) in [6, 6.07) is 7.91. The van der Waals surface area contributed by atoms with Crippen LogP contribution in [0.3, 0.4) is 0 Å². The Hall–Kier alpha value is -2.02. The normalized spacial score (nSPS) is 38.0. The Balaban J connectivity index is 0.902. The summed E-state index contributed by atoms with van der Waals surface area (Å²) in [6.45, 7) is -3.05. The van der Waals surface area contributed by atoms with Gasteiger partial charge < -0.3 is 120 Å². The number of thioether (sulfide) groups is 2. The Morgan fingerprint density at radius 2 is 0.843 bits per heavy atom. The molecule has 1 aromatic carbocycles. The highest BCUT2D eigenvalue weighted by molar-refractivity contribution is 7.98. The van der Waals surface area contributed by atoms with Crippen molar-refractivity contribution in [1.82, 2.24) is 10.6 Å². The van der Waals surface area contributed by atoms with Crippen molar-refractivity contribution in [3.05, 3.63) is 35.4 Å². The molecule has 26 nitrogen and oxygen atoms in total. The lowest BCUT2D eigenvalue weighted by atomic mass is 9.97. The van der Waals surface area contributed by atoms with Gasteiger partial charge in [-0.15, -0.1) is 0 Å². The van der Waals surface area contributed by atoms with Crippen molar-refractivity contribution in [3.63, 3.8) is 0 Å².